The van der Waals surface area contributed by atoms with Crippen LogP contribution in [0, 0.1) is 6.92 Å². The van der Waals surface area contributed by atoms with Crippen LogP contribution in [-0.4, -0.2) is 37.3 Å². The van der Waals surface area contributed by atoms with Gasteiger partial charge in [-0.2, -0.15) is 5.10 Å². The van der Waals surface area contributed by atoms with E-state index in [9.17, 15) is 4.79 Å². The molecule has 0 aliphatic carbocycles. The summed E-state index contributed by atoms with van der Waals surface area (Å²) >= 11 is 4.55. The van der Waals surface area contributed by atoms with Crippen molar-refractivity contribution in [1.82, 2.24) is 19.9 Å². The van der Waals surface area contributed by atoms with E-state index in [2.05, 4.69) is 21.4 Å². The summed E-state index contributed by atoms with van der Waals surface area (Å²) in [5.74, 6) is 6.60. The molecule has 1 atom stereocenters. The lowest BCUT2D eigenvalue weighted by molar-refractivity contribution is -0.130. The van der Waals surface area contributed by atoms with Crippen LogP contribution in [0.1, 0.15) is 28.0 Å². The first kappa shape index (κ1) is 17.3. The molecule has 4 rings (SSSR count). The quantitative estimate of drug-likeness (QED) is 0.522. The zero-order valence-corrected chi connectivity index (χ0v) is 16.4. The van der Waals surface area contributed by atoms with Gasteiger partial charge in [0.2, 0.25) is 5.16 Å². The van der Waals surface area contributed by atoms with Crippen LogP contribution in [-0.2, 0) is 4.79 Å². The molecule has 0 aromatic carbocycles. The van der Waals surface area contributed by atoms with E-state index in [4.69, 9.17) is 5.84 Å². The number of nitrogen functional groups attached to an aromatic ring is 1. The number of carbonyl (C=O) groups is 1. The molecule has 3 aromatic heterocycles. The molecule has 0 bridgehead atoms. The Kier molecular flexibility index (Phi) is 4.79. The molecule has 1 aliphatic rings. The molecular formula is C16H16N6OS3. The lowest BCUT2D eigenvalue weighted by Gasteiger charge is -2.20. The van der Waals surface area contributed by atoms with Crippen LogP contribution in [0.4, 0.5) is 0 Å². The third kappa shape index (κ3) is 3.27. The number of rotatable bonds is 5. The monoisotopic (exact) mass is 404 g/mol. The van der Waals surface area contributed by atoms with Crippen molar-refractivity contribution < 1.29 is 4.79 Å². The van der Waals surface area contributed by atoms with E-state index in [1.54, 1.807) is 34.6 Å². The summed E-state index contributed by atoms with van der Waals surface area (Å²) < 4.78 is 1.39. The van der Waals surface area contributed by atoms with E-state index in [0.29, 0.717) is 11.0 Å². The number of thioether (sulfide) groups is 1. The van der Waals surface area contributed by atoms with Crippen LogP contribution in [0.25, 0.3) is 0 Å². The van der Waals surface area contributed by atoms with Crippen molar-refractivity contribution in [2.75, 3.05) is 11.6 Å². The predicted molar refractivity (Wildman–Crippen MR) is 105 cm³/mol. The average molecular weight is 405 g/mol. The second kappa shape index (κ2) is 7.22. The van der Waals surface area contributed by atoms with Crippen molar-refractivity contribution in [3.05, 3.63) is 50.6 Å². The zero-order valence-electron chi connectivity index (χ0n) is 13.9. The SMILES string of the molecule is Cc1nnc(SCC(=O)N2N=C(c3cccs3)C[C@@H]2c2cccs2)n1N. The molecule has 4 heterocycles. The molecule has 0 spiro atoms. The van der Waals surface area contributed by atoms with Crippen molar-refractivity contribution in [2.24, 2.45) is 5.10 Å². The van der Waals surface area contributed by atoms with Gasteiger partial charge in [-0.25, -0.2) is 9.69 Å². The number of aryl methyl sites for hydroxylation is 1. The molecule has 3 aromatic rings. The van der Waals surface area contributed by atoms with Crippen LogP contribution in [0.5, 0.6) is 0 Å². The van der Waals surface area contributed by atoms with Gasteiger partial charge < -0.3 is 5.84 Å². The standard InChI is InChI=1S/C16H16N6OS3/c1-10-18-19-16(21(10)17)26-9-15(23)22-12(14-5-3-7-25-14)8-11(20-22)13-4-2-6-24-13/h2-7,12H,8-9,17H2,1H3/t12-/m1/s1. The average Bonchev–Trinajstić information content (AvgIpc) is 3.42. The molecular weight excluding hydrogens is 388 g/mol. The van der Waals surface area contributed by atoms with Crippen LogP contribution in [0.2, 0.25) is 0 Å². The normalized spacial score (nSPS) is 16.9. The lowest BCUT2D eigenvalue weighted by Crippen LogP contribution is -2.28. The second-order valence-corrected chi connectivity index (χ2v) is 8.56. The Morgan fingerprint density at radius 1 is 1.31 bits per heavy atom. The van der Waals surface area contributed by atoms with Gasteiger partial charge in [-0.05, 0) is 29.8 Å². The van der Waals surface area contributed by atoms with Crippen molar-refractivity contribution in [2.45, 2.75) is 24.5 Å². The Morgan fingerprint density at radius 3 is 2.77 bits per heavy atom. The molecule has 0 fully saturated rings. The maximum absolute atomic E-state index is 12.9. The largest absolute Gasteiger partial charge is 0.336 e. The van der Waals surface area contributed by atoms with E-state index < -0.39 is 0 Å². The highest BCUT2D eigenvalue weighted by molar-refractivity contribution is 7.99. The number of hydrogen-bond donors (Lipinski definition) is 1. The first-order valence-electron chi connectivity index (χ1n) is 7.90. The third-order valence-corrected chi connectivity index (χ3v) is 6.82. The summed E-state index contributed by atoms with van der Waals surface area (Å²) in [7, 11) is 0. The van der Waals surface area contributed by atoms with Crippen LogP contribution in [0.3, 0.4) is 0 Å². The van der Waals surface area contributed by atoms with Gasteiger partial charge >= 0.3 is 0 Å². The maximum Gasteiger partial charge on any atom is 0.253 e. The van der Waals surface area contributed by atoms with Crippen molar-refractivity contribution >= 4 is 46.1 Å². The fourth-order valence-electron chi connectivity index (χ4n) is 2.68. The van der Waals surface area contributed by atoms with E-state index >= 15 is 0 Å². The minimum absolute atomic E-state index is 0.0577. The summed E-state index contributed by atoms with van der Waals surface area (Å²) in [4.78, 5) is 15.1. The topological polar surface area (TPSA) is 89.4 Å². The first-order chi connectivity index (χ1) is 12.6. The Bertz CT molecular complexity index is 932. The number of nitrogens with zero attached hydrogens (tertiary/aromatic N) is 5. The zero-order chi connectivity index (χ0) is 18.1. The summed E-state index contributed by atoms with van der Waals surface area (Å²) in [6.45, 7) is 1.77. The number of amides is 1. The van der Waals surface area contributed by atoms with Gasteiger partial charge in [0.05, 0.1) is 22.4 Å². The van der Waals surface area contributed by atoms with E-state index in [-0.39, 0.29) is 17.7 Å². The number of hydrazone groups is 1. The van der Waals surface area contributed by atoms with Crippen molar-refractivity contribution in [1.29, 1.82) is 0 Å². The molecule has 26 heavy (non-hydrogen) atoms. The highest BCUT2D eigenvalue weighted by Crippen LogP contribution is 2.36. The van der Waals surface area contributed by atoms with E-state index in [1.807, 2.05) is 29.0 Å². The number of aromatic nitrogens is 3. The summed E-state index contributed by atoms with van der Waals surface area (Å²) in [5.41, 5.74) is 0.953. The molecule has 0 radical (unpaired) electrons. The van der Waals surface area contributed by atoms with E-state index in [0.717, 1.165) is 21.9 Å². The third-order valence-electron chi connectivity index (χ3n) is 4.00. The van der Waals surface area contributed by atoms with Gasteiger partial charge in [0.25, 0.3) is 5.91 Å². The minimum atomic E-state index is -0.0689. The smallest absolute Gasteiger partial charge is 0.253 e. The predicted octanol–water partition coefficient (Wildman–Crippen LogP) is 2.89. The van der Waals surface area contributed by atoms with Gasteiger partial charge in [-0.1, -0.05) is 23.9 Å². The fraction of sp³-hybridized carbons (Fsp3) is 0.250. The minimum Gasteiger partial charge on any atom is -0.336 e. The Hall–Kier alpha value is -2.17. The molecule has 1 amide bonds. The second-order valence-electron chi connectivity index (χ2n) is 5.69. The molecule has 1 aliphatic heterocycles. The number of hydrogen-bond acceptors (Lipinski definition) is 8. The molecule has 10 heteroatoms. The van der Waals surface area contributed by atoms with Crippen molar-refractivity contribution in [3.63, 3.8) is 0 Å². The molecule has 7 nitrogen and oxygen atoms in total. The Labute approximate surface area is 162 Å². The van der Waals surface area contributed by atoms with Gasteiger partial charge in [-0.3, -0.25) is 4.79 Å². The Morgan fingerprint density at radius 2 is 2.12 bits per heavy atom. The van der Waals surface area contributed by atoms with E-state index in [1.165, 1.54) is 16.4 Å². The summed E-state index contributed by atoms with van der Waals surface area (Å²) in [6, 6.07) is 8.03. The number of thiophene rings is 2. The van der Waals surface area contributed by atoms with Gasteiger partial charge in [0.1, 0.15) is 5.82 Å². The molecule has 2 N–H and O–H groups in total. The lowest BCUT2D eigenvalue weighted by atomic mass is 10.1. The molecule has 0 unspecified atom stereocenters. The highest BCUT2D eigenvalue weighted by atomic mass is 32.2. The van der Waals surface area contributed by atoms with Crippen molar-refractivity contribution in [3.8, 4) is 0 Å². The summed E-state index contributed by atoms with van der Waals surface area (Å²) in [5, 5.41) is 18.7. The Balaban J connectivity index is 1.54. The maximum atomic E-state index is 12.9. The first-order valence-corrected chi connectivity index (χ1v) is 10.6. The van der Waals surface area contributed by atoms with Crippen LogP contribution >= 0.6 is 34.4 Å². The number of carbonyl (C=O) groups excluding carboxylic acids is 1. The molecule has 0 saturated heterocycles. The van der Waals surface area contributed by atoms with Gasteiger partial charge in [-0.15, -0.1) is 32.9 Å². The van der Waals surface area contributed by atoms with Crippen LogP contribution in [0.15, 0.2) is 45.3 Å². The van der Waals surface area contributed by atoms with Crippen LogP contribution < -0.4 is 5.84 Å². The molecule has 0 saturated carbocycles. The summed E-state index contributed by atoms with van der Waals surface area (Å²) in [6.07, 6.45) is 0.726. The number of nitrogens with two attached hydrogens (primary N) is 1. The van der Waals surface area contributed by atoms with Gasteiger partial charge in [0, 0.05) is 11.3 Å². The molecule has 134 valence electrons. The highest BCUT2D eigenvalue weighted by Gasteiger charge is 2.34. The van der Waals surface area contributed by atoms with Gasteiger partial charge in [0.15, 0.2) is 0 Å². The fourth-order valence-corrected chi connectivity index (χ4v) is 4.96.